The molecule has 3 aromatic rings. The van der Waals surface area contributed by atoms with Gasteiger partial charge in [0.05, 0.1) is 0 Å². The van der Waals surface area contributed by atoms with Gasteiger partial charge in [0.2, 0.25) is 17.7 Å². The largest absolute Gasteiger partial charge is 0.483 e. The van der Waals surface area contributed by atoms with E-state index in [1.165, 1.54) is 6.07 Å². The van der Waals surface area contributed by atoms with Crippen LogP contribution in [-0.2, 0) is 16.0 Å². The van der Waals surface area contributed by atoms with Gasteiger partial charge in [0, 0.05) is 24.6 Å². The third-order valence-corrected chi connectivity index (χ3v) is 5.20. The van der Waals surface area contributed by atoms with Gasteiger partial charge in [-0.3, -0.25) is 9.59 Å². The summed E-state index contributed by atoms with van der Waals surface area (Å²) in [6.07, 6.45) is 2.09. The van der Waals surface area contributed by atoms with Crippen LogP contribution in [-0.4, -0.2) is 45.2 Å². The van der Waals surface area contributed by atoms with E-state index in [2.05, 4.69) is 10.2 Å². The Kier molecular flexibility index (Phi) is 8.04. The zero-order valence-electron chi connectivity index (χ0n) is 17.4. The molecule has 1 aromatic heterocycles. The van der Waals surface area contributed by atoms with Crippen LogP contribution < -0.4 is 5.73 Å². The number of benzene rings is 2. The van der Waals surface area contributed by atoms with Crippen molar-refractivity contribution in [2.75, 3.05) is 6.54 Å². The highest BCUT2D eigenvalue weighted by molar-refractivity contribution is 5.77. The second-order valence-electron chi connectivity index (χ2n) is 7.42. The van der Waals surface area contributed by atoms with E-state index in [0.29, 0.717) is 30.3 Å². The van der Waals surface area contributed by atoms with Crippen molar-refractivity contribution in [1.82, 2.24) is 15.1 Å². The van der Waals surface area contributed by atoms with Crippen LogP contribution in [0.4, 0.5) is 4.39 Å². The molecule has 2 aromatic carbocycles. The number of nitrogens with zero attached hydrogens (tertiary/aromatic N) is 3. The first-order chi connectivity index (χ1) is 15.5. The van der Waals surface area contributed by atoms with E-state index in [-0.39, 0.29) is 30.7 Å². The van der Waals surface area contributed by atoms with E-state index >= 15 is 0 Å². The summed E-state index contributed by atoms with van der Waals surface area (Å²) in [5.41, 5.74) is 7.51. The molecule has 0 bridgehead atoms. The van der Waals surface area contributed by atoms with Gasteiger partial charge >= 0.3 is 0 Å². The number of rotatable bonds is 6. The lowest BCUT2D eigenvalue weighted by Crippen LogP contribution is -2.36. The van der Waals surface area contributed by atoms with Gasteiger partial charge < -0.3 is 20.2 Å². The predicted octanol–water partition coefficient (Wildman–Crippen LogP) is 3.20. The van der Waals surface area contributed by atoms with Crippen molar-refractivity contribution in [3.05, 3.63) is 71.9 Å². The van der Waals surface area contributed by atoms with E-state index in [0.717, 1.165) is 18.4 Å². The molecular weight excluding hydrogens is 415 g/mol. The summed E-state index contributed by atoms with van der Waals surface area (Å²) in [5.74, 6) is 0.512. The van der Waals surface area contributed by atoms with Gasteiger partial charge in [0.1, 0.15) is 11.9 Å². The lowest BCUT2D eigenvalue weighted by atomic mass is 10.0. The molecule has 0 saturated carbocycles. The number of carbonyl (C=O) groups excluding carboxylic acids is 1. The third kappa shape index (κ3) is 5.76. The molecule has 1 saturated heterocycles. The van der Waals surface area contributed by atoms with E-state index < -0.39 is 6.04 Å². The average Bonchev–Trinajstić information content (AvgIpc) is 3.46. The molecule has 1 fully saturated rings. The topological polar surface area (TPSA) is 123 Å². The van der Waals surface area contributed by atoms with Crippen LogP contribution in [0.2, 0.25) is 0 Å². The minimum absolute atomic E-state index is 0.0733. The third-order valence-electron chi connectivity index (χ3n) is 5.20. The Bertz CT molecular complexity index is 1030. The maximum Gasteiger partial charge on any atom is 0.290 e. The molecule has 3 N–H and O–H groups in total. The van der Waals surface area contributed by atoms with Crippen LogP contribution in [0.5, 0.6) is 0 Å². The van der Waals surface area contributed by atoms with Crippen LogP contribution in [0.1, 0.15) is 36.8 Å². The maximum atomic E-state index is 13.8. The lowest BCUT2D eigenvalue weighted by Gasteiger charge is -2.23. The Morgan fingerprint density at radius 1 is 1.22 bits per heavy atom. The molecule has 2 atom stereocenters. The normalized spacial score (nSPS) is 16.2. The molecule has 9 heteroatoms. The van der Waals surface area contributed by atoms with Gasteiger partial charge in [-0.05, 0) is 43.0 Å². The van der Waals surface area contributed by atoms with Gasteiger partial charge in [-0.15, -0.1) is 10.2 Å². The van der Waals surface area contributed by atoms with Gasteiger partial charge in [0.25, 0.3) is 6.47 Å². The molecule has 1 aliphatic heterocycles. The summed E-state index contributed by atoms with van der Waals surface area (Å²) in [7, 11) is 0. The summed E-state index contributed by atoms with van der Waals surface area (Å²) in [5, 5.41) is 15.2. The van der Waals surface area contributed by atoms with Crippen molar-refractivity contribution in [2.24, 2.45) is 5.73 Å². The summed E-state index contributed by atoms with van der Waals surface area (Å²) >= 11 is 0. The Morgan fingerprint density at radius 3 is 2.62 bits per heavy atom. The Labute approximate surface area is 184 Å². The fourth-order valence-electron chi connectivity index (χ4n) is 3.75. The predicted molar refractivity (Wildman–Crippen MR) is 115 cm³/mol. The first-order valence-corrected chi connectivity index (χ1v) is 10.3. The smallest absolute Gasteiger partial charge is 0.290 e. The standard InChI is InChI=1S/C22H23FN4O2.CH2O2/c23-18-10-5-4-9-16(18)13-17(24)14-20(28)27-12-6-11-19(27)22-26-25-21(29-22)15-7-2-1-3-8-15;2-1-3/h1-5,7-10,17,19H,6,11-14,24H2;1H,(H,2,3)/t17-,19+;/m1./s1. The number of amides is 1. The summed E-state index contributed by atoms with van der Waals surface area (Å²) in [4.78, 5) is 23.0. The Balaban J connectivity index is 0.000000913. The number of halogens is 1. The van der Waals surface area contributed by atoms with Crippen LogP contribution in [0.25, 0.3) is 11.5 Å². The minimum atomic E-state index is -0.455. The zero-order chi connectivity index (χ0) is 22.9. The average molecular weight is 440 g/mol. The molecular formula is C23H25FN4O4. The van der Waals surface area contributed by atoms with Crippen molar-refractivity contribution in [3.8, 4) is 11.5 Å². The highest BCUT2D eigenvalue weighted by atomic mass is 19.1. The van der Waals surface area contributed by atoms with E-state index in [9.17, 15) is 9.18 Å². The van der Waals surface area contributed by atoms with Crippen LogP contribution in [0.15, 0.2) is 59.0 Å². The van der Waals surface area contributed by atoms with Crippen molar-refractivity contribution in [2.45, 2.75) is 37.8 Å². The number of hydrogen-bond acceptors (Lipinski definition) is 6. The number of hydrogen-bond donors (Lipinski definition) is 2. The molecule has 0 aliphatic carbocycles. The maximum absolute atomic E-state index is 13.8. The summed E-state index contributed by atoms with van der Waals surface area (Å²) in [6, 6.07) is 15.3. The molecule has 4 rings (SSSR count). The van der Waals surface area contributed by atoms with Crippen LogP contribution >= 0.6 is 0 Å². The fraction of sp³-hybridized carbons (Fsp3) is 0.304. The quantitative estimate of drug-likeness (QED) is 0.564. The van der Waals surface area contributed by atoms with Gasteiger partial charge in [-0.25, -0.2) is 4.39 Å². The molecule has 0 spiro atoms. The number of likely N-dealkylation sites (tertiary alicyclic amines) is 1. The lowest BCUT2D eigenvalue weighted by molar-refractivity contribution is -0.133. The molecule has 168 valence electrons. The number of aromatic nitrogens is 2. The van der Waals surface area contributed by atoms with Crippen molar-refractivity contribution < 1.29 is 23.5 Å². The summed E-state index contributed by atoms with van der Waals surface area (Å²) in [6.45, 7) is 0.374. The molecule has 0 radical (unpaired) electrons. The molecule has 8 nitrogen and oxygen atoms in total. The van der Waals surface area contributed by atoms with Crippen LogP contribution in [0.3, 0.4) is 0 Å². The molecule has 1 amide bonds. The van der Waals surface area contributed by atoms with Crippen molar-refractivity contribution in [1.29, 1.82) is 0 Å². The monoisotopic (exact) mass is 440 g/mol. The number of carboxylic acid groups (broad SMARTS) is 1. The van der Waals surface area contributed by atoms with Crippen LogP contribution in [0, 0.1) is 5.82 Å². The molecule has 32 heavy (non-hydrogen) atoms. The highest BCUT2D eigenvalue weighted by Crippen LogP contribution is 2.33. The first kappa shape index (κ1) is 23.1. The molecule has 1 aliphatic rings. The zero-order valence-corrected chi connectivity index (χ0v) is 17.4. The van der Waals surface area contributed by atoms with Crippen molar-refractivity contribution >= 4 is 12.4 Å². The number of nitrogens with two attached hydrogens (primary N) is 1. The van der Waals surface area contributed by atoms with Gasteiger partial charge in [-0.1, -0.05) is 36.4 Å². The SMILES string of the molecule is N[C@@H](CC(=O)N1CCC[C@H]1c1nnc(-c2ccccc2)o1)Cc1ccccc1F.O=CO. The summed E-state index contributed by atoms with van der Waals surface area (Å²) < 4.78 is 19.7. The Hall–Kier alpha value is -3.59. The fourth-order valence-corrected chi connectivity index (χ4v) is 3.75. The van der Waals surface area contributed by atoms with Gasteiger partial charge in [-0.2, -0.15) is 0 Å². The first-order valence-electron chi connectivity index (χ1n) is 10.3. The number of carbonyl (C=O) groups is 2. The van der Waals surface area contributed by atoms with E-state index in [1.807, 2.05) is 30.3 Å². The van der Waals surface area contributed by atoms with Crippen molar-refractivity contribution in [3.63, 3.8) is 0 Å². The second kappa shape index (κ2) is 11.1. The highest BCUT2D eigenvalue weighted by Gasteiger charge is 2.34. The molecule has 2 heterocycles. The Morgan fingerprint density at radius 2 is 1.91 bits per heavy atom. The second-order valence-corrected chi connectivity index (χ2v) is 7.42. The van der Waals surface area contributed by atoms with E-state index in [4.69, 9.17) is 20.1 Å². The minimum Gasteiger partial charge on any atom is -0.483 e. The molecule has 0 unspecified atom stereocenters. The van der Waals surface area contributed by atoms with Gasteiger partial charge in [0.15, 0.2) is 0 Å². The van der Waals surface area contributed by atoms with E-state index in [1.54, 1.807) is 23.1 Å².